The zero-order valence-corrected chi connectivity index (χ0v) is 11.5. The highest BCUT2D eigenvalue weighted by molar-refractivity contribution is 4.92. The van der Waals surface area contributed by atoms with Crippen molar-refractivity contribution in [3.63, 3.8) is 0 Å². The van der Waals surface area contributed by atoms with Crippen molar-refractivity contribution < 1.29 is 9.84 Å². The Kier molecular flexibility index (Phi) is 4.11. The summed E-state index contributed by atoms with van der Waals surface area (Å²) < 4.78 is 5.44. The molecule has 3 heteroatoms. The normalized spacial score (nSPS) is 37.6. The number of nitrogens with zero attached hydrogens (tertiary/aromatic N) is 1. The highest BCUT2D eigenvalue weighted by Crippen LogP contribution is 2.38. The van der Waals surface area contributed by atoms with Crippen molar-refractivity contribution >= 4 is 0 Å². The van der Waals surface area contributed by atoms with Gasteiger partial charge in [0.2, 0.25) is 0 Å². The predicted molar refractivity (Wildman–Crippen MR) is 69.0 cm³/mol. The lowest BCUT2D eigenvalue weighted by Crippen LogP contribution is -2.49. The number of ether oxygens (including phenoxy) is 1. The third kappa shape index (κ3) is 3.21. The smallest absolute Gasteiger partial charge is 0.0555 e. The Bertz CT molecular complexity index is 249. The molecule has 1 aliphatic carbocycles. The maximum Gasteiger partial charge on any atom is 0.0555 e. The molecule has 3 nitrogen and oxygen atoms in total. The van der Waals surface area contributed by atoms with Gasteiger partial charge >= 0.3 is 0 Å². The van der Waals surface area contributed by atoms with Crippen LogP contribution in [0.4, 0.5) is 0 Å². The SMILES string of the molecule is CN(CC1CCOC1)C1CC(O)CCC1(C)C. The third-order valence-electron chi connectivity index (χ3n) is 4.62. The fourth-order valence-corrected chi connectivity index (χ4v) is 3.44. The van der Waals surface area contributed by atoms with Crippen LogP contribution in [0.2, 0.25) is 0 Å². The minimum absolute atomic E-state index is 0.102. The van der Waals surface area contributed by atoms with Crippen molar-refractivity contribution in [2.75, 3.05) is 26.8 Å². The van der Waals surface area contributed by atoms with Gasteiger partial charge in [-0.3, -0.25) is 0 Å². The molecule has 2 rings (SSSR count). The van der Waals surface area contributed by atoms with E-state index in [1.165, 1.54) is 6.42 Å². The highest BCUT2D eigenvalue weighted by atomic mass is 16.5. The van der Waals surface area contributed by atoms with E-state index >= 15 is 0 Å². The Balaban J connectivity index is 1.93. The molecule has 3 atom stereocenters. The number of aliphatic hydroxyl groups excluding tert-OH is 1. The van der Waals surface area contributed by atoms with E-state index in [4.69, 9.17) is 4.74 Å². The average molecular weight is 241 g/mol. The van der Waals surface area contributed by atoms with Crippen LogP contribution < -0.4 is 0 Å². The Hall–Kier alpha value is -0.120. The average Bonchev–Trinajstić information content (AvgIpc) is 2.74. The summed E-state index contributed by atoms with van der Waals surface area (Å²) in [5, 5.41) is 9.87. The van der Waals surface area contributed by atoms with Crippen LogP contribution in [0.25, 0.3) is 0 Å². The van der Waals surface area contributed by atoms with Crippen molar-refractivity contribution in [2.45, 2.75) is 51.7 Å². The summed E-state index contributed by atoms with van der Waals surface area (Å²) in [6.45, 7) is 7.63. The summed E-state index contributed by atoms with van der Waals surface area (Å²) >= 11 is 0. The van der Waals surface area contributed by atoms with Gasteiger partial charge < -0.3 is 14.7 Å². The minimum atomic E-state index is -0.102. The molecule has 0 radical (unpaired) electrons. The van der Waals surface area contributed by atoms with Gasteiger partial charge in [-0.1, -0.05) is 13.8 Å². The monoisotopic (exact) mass is 241 g/mol. The molecular formula is C14H27NO2. The number of rotatable bonds is 3. The molecule has 0 aromatic rings. The van der Waals surface area contributed by atoms with Crippen LogP contribution in [0, 0.1) is 11.3 Å². The van der Waals surface area contributed by atoms with E-state index in [9.17, 15) is 5.11 Å². The molecule has 0 amide bonds. The molecule has 2 fully saturated rings. The Labute approximate surface area is 105 Å². The fraction of sp³-hybridized carbons (Fsp3) is 1.00. The summed E-state index contributed by atoms with van der Waals surface area (Å²) in [5.41, 5.74) is 0.327. The molecule has 17 heavy (non-hydrogen) atoms. The van der Waals surface area contributed by atoms with Crippen LogP contribution in [0.1, 0.15) is 39.5 Å². The van der Waals surface area contributed by atoms with Crippen molar-refractivity contribution in [3.8, 4) is 0 Å². The lowest BCUT2D eigenvalue weighted by atomic mass is 9.71. The van der Waals surface area contributed by atoms with Gasteiger partial charge in [-0.15, -0.1) is 0 Å². The summed E-state index contributed by atoms with van der Waals surface area (Å²) in [5.74, 6) is 0.690. The zero-order valence-electron chi connectivity index (χ0n) is 11.5. The second-order valence-corrected chi connectivity index (χ2v) is 6.60. The van der Waals surface area contributed by atoms with E-state index in [-0.39, 0.29) is 6.10 Å². The summed E-state index contributed by atoms with van der Waals surface area (Å²) in [6, 6.07) is 0.506. The van der Waals surface area contributed by atoms with Crippen LogP contribution in [0.3, 0.4) is 0 Å². The van der Waals surface area contributed by atoms with Gasteiger partial charge in [-0.05, 0) is 44.1 Å². The third-order valence-corrected chi connectivity index (χ3v) is 4.62. The van der Waals surface area contributed by atoms with E-state index in [2.05, 4.69) is 25.8 Å². The number of hydrogen-bond donors (Lipinski definition) is 1. The van der Waals surface area contributed by atoms with Gasteiger partial charge in [0, 0.05) is 19.2 Å². The fourth-order valence-electron chi connectivity index (χ4n) is 3.44. The molecule has 0 bridgehead atoms. The van der Waals surface area contributed by atoms with Crippen LogP contribution in [-0.4, -0.2) is 49.0 Å². The first-order valence-electron chi connectivity index (χ1n) is 6.95. The van der Waals surface area contributed by atoms with Crippen molar-refractivity contribution in [2.24, 2.45) is 11.3 Å². The molecule has 1 saturated carbocycles. The second kappa shape index (κ2) is 5.25. The van der Waals surface area contributed by atoms with Gasteiger partial charge in [0.1, 0.15) is 0 Å². The van der Waals surface area contributed by atoms with E-state index in [0.717, 1.165) is 39.0 Å². The van der Waals surface area contributed by atoms with Gasteiger partial charge in [0.15, 0.2) is 0 Å². The Morgan fingerprint density at radius 1 is 1.35 bits per heavy atom. The number of hydrogen-bond acceptors (Lipinski definition) is 3. The van der Waals surface area contributed by atoms with E-state index in [0.29, 0.717) is 17.4 Å². The van der Waals surface area contributed by atoms with Crippen LogP contribution >= 0.6 is 0 Å². The zero-order chi connectivity index (χ0) is 12.5. The molecule has 100 valence electrons. The maximum absolute atomic E-state index is 9.87. The summed E-state index contributed by atoms with van der Waals surface area (Å²) in [7, 11) is 2.21. The topological polar surface area (TPSA) is 32.7 Å². The molecule has 1 saturated heterocycles. The molecular weight excluding hydrogens is 214 g/mol. The first kappa shape index (κ1) is 13.3. The molecule has 2 aliphatic rings. The first-order chi connectivity index (χ1) is 7.99. The molecule has 1 aliphatic heterocycles. The lowest BCUT2D eigenvalue weighted by molar-refractivity contribution is -0.00665. The molecule has 3 unspecified atom stereocenters. The maximum atomic E-state index is 9.87. The van der Waals surface area contributed by atoms with Gasteiger partial charge in [-0.25, -0.2) is 0 Å². The predicted octanol–water partition coefficient (Wildman–Crippen LogP) is 1.89. The van der Waals surface area contributed by atoms with Crippen LogP contribution in [0.5, 0.6) is 0 Å². The first-order valence-corrected chi connectivity index (χ1v) is 6.95. The van der Waals surface area contributed by atoms with E-state index in [1.807, 2.05) is 0 Å². The standard InChI is InChI=1S/C14H27NO2/c1-14(2)6-4-12(16)8-13(14)15(3)9-11-5-7-17-10-11/h11-13,16H,4-10H2,1-3H3. The van der Waals surface area contributed by atoms with Crippen molar-refractivity contribution in [1.29, 1.82) is 0 Å². The second-order valence-electron chi connectivity index (χ2n) is 6.60. The molecule has 0 aromatic heterocycles. The van der Waals surface area contributed by atoms with Gasteiger partial charge in [0.05, 0.1) is 12.7 Å². The molecule has 1 N–H and O–H groups in total. The number of aliphatic hydroxyl groups is 1. The quantitative estimate of drug-likeness (QED) is 0.819. The Morgan fingerprint density at radius 3 is 2.76 bits per heavy atom. The summed E-state index contributed by atoms with van der Waals surface area (Å²) in [4.78, 5) is 2.46. The van der Waals surface area contributed by atoms with Crippen LogP contribution in [-0.2, 0) is 4.74 Å². The molecule has 1 heterocycles. The van der Waals surface area contributed by atoms with E-state index in [1.54, 1.807) is 0 Å². The lowest BCUT2D eigenvalue weighted by Gasteiger charge is -2.46. The molecule has 0 aromatic carbocycles. The van der Waals surface area contributed by atoms with Gasteiger partial charge in [-0.2, -0.15) is 0 Å². The van der Waals surface area contributed by atoms with Crippen molar-refractivity contribution in [1.82, 2.24) is 4.90 Å². The highest BCUT2D eigenvalue weighted by Gasteiger charge is 2.38. The molecule has 0 spiro atoms. The largest absolute Gasteiger partial charge is 0.393 e. The minimum Gasteiger partial charge on any atom is -0.393 e. The van der Waals surface area contributed by atoms with E-state index < -0.39 is 0 Å². The Morgan fingerprint density at radius 2 is 2.12 bits per heavy atom. The van der Waals surface area contributed by atoms with Crippen molar-refractivity contribution in [3.05, 3.63) is 0 Å². The summed E-state index contributed by atoms with van der Waals surface area (Å²) in [6.07, 6.45) is 4.11. The van der Waals surface area contributed by atoms with Gasteiger partial charge in [0.25, 0.3) is 0 Å². The van der Waals surface area contributed by atoms with Crippen LogP contribution in [0.15, 0.2) is 0 Å².